The molecule has 3 aromatic heterocycles. The van der Waals surface area contributed by atoms with Crippen LogP contribution in [0.5, 0.6) is 0 Å². The molecule has 5 heteroatoms. The quantitative estimate of drug-likeness (QED) is 0.489. The van der Waals surface area contributed by atoms with Gasteiger partial charge in [-0.05, 0) is 41.1 Å². The summed E-state index contributed by atoms with van der Waals surface area (Å²) >= 11 is 3.27. The maximum Gasteiger partial charge on any atom is 0.236 e. The fourth-order valence-electron chi connectivity index (χ4n) is 2.28. The molecule has 0 bridgehead atoms. The average molecular weight is 362 g/mol. The third kappa shape index (κ3) is 4.00. The van der Waals surface area contributed by atoms with Gasteiger partial charge in [0.05, 0.1) is 22.0 Å². The molecule has 0 amide bonds. The Balaban J connectivity index is 1.42. The van der Waals surface area contributed by atoms with Crippen LogP contribution in [0.2, 0.25) is 0 Å². The average Bonchev–Trinajstić information content (AvgIpc) is 3.41. The Kier molecular flexibility index (Phi) is 4.64. The van der Waals surface area contributed by atoms with Gasteiger partial charge in [-0.1, -0.05) is 30.0 Å². The second-order valence-electron chi connectivity index (χ2n) is 5.28. The summed E-state index contributed by atoms with van der Waals surface area (Å²) in [6.07, 6.45) is 1.70. The molecular weight excluding hydrogens is 348 g/mol. The van der Waals surface area contributed by atoms with Crippen molar-refractivity contribution >= 4 is 28.4 Å². The van der Waals surface area contributed by atoms with E-state index < -0.39 is 0 Å². The number of nitrogens with one attached hydrogen (secondary N) is 1. The zero-order valence-electron chi connectivity index (χ0n) is 13.2. The predicted molar refractivity (Wildman–Crippen MR) is 104 cm³/mol. The fraction of sp³-hybridized carbons (Fsp3) is 0.0500. The summed E-state index contributed by atoms with van der Waals surface area (Å²) < 4.78 is 5.54. The lowest BCUT2D eigenvalue weighted by atomic mass is 10.2. The van der Waals surface area contributed by atoms with E-state index in [4.69, 9.17) is 4.42 Å². The number of hydrogen-bond donors (Lipinski definition) is 1. The van der Waals surface area contributed by atoms with Crippen molar-refractivity contribution in [2.75, 3.05) is 5.32 Å². The summed E-state index contributed by atoms with van der Waals surface area (Å²) in [5, 5.41) is 7.42. The van der Waals surface area contributed by atoms with Gasteiger partial charge < -0.3 is 9.73 Å². The van der Waals surface area contributed by atoms with Gasteiger partial charge in [-0.25, -0.2) is 4.98 Å². The number of rotatable bonds is 4. The lowest BCUT2D eigenvalue weighted by Gasteiger charge is -2.04. The molecule has 0 unspecified atom stereocenters. The fourth-order valence-corrected chi connectivity index (χ4v) is 3.51. The van der Waals surface area contributed by atoms with Crippen LogP contribution in [0.4, 0.5) is 5.69 Å². The van der Waals surface area contributed by atoms with Gasteiger partial charge in [0, 0.05) is 11.3 Å². The molecule has 0 aliphatic carbocycles. The van der Waals surface area contributed by atoms with Gasteiger partial charge in [0.1, 0.15) is 6.26 Å². The Morgan fingerprint density at radius 2 is 1.92 bits per heavy atom. The number of hydrogen-bond acceptors (Lipinski definition) is 5. The maximum absolute atomic E-state index is 5.54. The number of oxazole rings is 1. The first kappa shape index (κ1) is 15.7. The SMILES string of the molecule is C(#Cc1cccs1)c1cccc(NCc2coc(-c3cccs3)n2)c1. The lowest BCUT2D eigenvalue weighted by molar-refractivity contribution is 0.574. The van der Waals surface area contributed by atoms with Crippen LogP contribution in [-0.4, -0.2) is 4.98 Å². The van der Waals surface area contributed by atoms with Gasteiger partial charge in [0.2, 0.25) is 5.89 Å². The highest BCUT2D eigenvalue weighted by atomic mass is 32.1. The first-order valence-corrected chi connectivity index (χ1v) is 9.50. The van der Waals surface area contributed by atoms with Crippen molar-refractivity contribution in [2.24, 2.45) is 0 Å². The van der Waals surface area contributed by atoms with E-state index in [1.807, 2.05) is 59.3 Å². The van der Waals surface area contributed by atoms with Crippen LogP contribution in [-0.2, 0) is 6.54 Å². The molecule has 0 spiro atoms. The highest BCUT2D eigenvalue weighted by Crippen LogP contribution is 2.24. The summed E-state index contributed by atoms with van der Waals surface area (Å²) in [6, 6.07) is 16.1. The number of aromatic nitrogens is 1. The molecule has 4 rings (SSSR count). The van der Waals surface area contributed by atoms with Crippen LogP contribution in [0.1, 0.15) is 16.1 Å². The van der Waals surface area contributed by atoms with E-state index >= 15 is 0 Å². The van der Waals surface area contributed by atoms with Crippen molar-refractivity contribution in [3.8, 4) is 22.6 Å². The summed E-state index contributed by atoms with van der Waals surface area (Å²) in [4.78, 5) is 6.63. The number of anilines is 1. The van der Waals surface area contributed by atoms with Crippen LogP contribution < -0.4 is 5.32 Å². The molecule has 0 atom stereocenters. The molecule has 0 aliphatic rings. The van der Waals surface area contributed by atoms with Crippen molar-refractivity contribution in [1.29, 1.82) is 0 Å². The van der Waals surface area contributed by atoms with Crippen molar-refractivity contribution in [3.05, 3.63) is 81.7 Å². The van der Waals surface area contributed by atoms with Crippen LogP contribution in [0.25, 0.3) is 10.8 Å². The zero-order chi connectivity index (χ0) is 16.9. The smallest absolute Gasteiger partial charge is 0.236 e. The minimum atomic E-state index is 0.608. The van der Waals surface area contributed by atoms with Crippen LogP contribution in [0, 0.1) is 11.8 Å². The molecule has 0 radical (unpaired) electrons. The lowest BCUT2D eigenvalue weighted by Crippen LogP contribution is -1.99. The minimum absolute atomic E-state index is 0.608. The predicted octanol–water partition coefficient (Wildman–Crippen LogP) is 5.48. The monoisotopic (exact) mass is 362 g/mol. The van der Waals surface area contributed by atoms with Crippen molar-refractivity contribution < 1.29 is 4.42 Å². The molecule has 25 heavy (non-hydrogen) atoms. The van der Waals surface area contributed by atoms with E-state index in [1.54, 1.807) is 28.9 Å². The Hall–Kier alpha value is -2.81. The third-order valence-corrected chi connectivity index (χ3v) is 5.11. The van der Waals surface area contributed by atoms with Gasteiger partial charge in [0.15, 0.2) is 0 Å². The van der Waals surface area contributed by atoms with E-state index in [-0.39, 0.29) is 0 Å². The molecule has 0 aliphatic heterocycles. The Morgan fingerprint density at radius 3 is 2.76 bits per heavy atom. The molecule has 3 heterocycles. The molecular formula is C20H14N2OS2. The third-order valence-electron chi connectivity index (χ3n) is 3.47. The normalized spacial score (nSPS) is 10.2. The zero-order valence-corrected chi connectivity index (χ0v) is 14.9. The number of nitrogens with zero attached hydrogens (tertiary/aromatic N) is 1. The van der Waals surface area contributed by atoms with E-state index in [1.165, 1.54) is 0 Å². The summed E-state index contributed by atoms with van der Waals surface area (Å²) in [6.45, 7) is 0.608. The second kappa shape index (κ2) is 7.39. The summed E-state index contributed by atoms with van der Waals surface area (Å²) in [5.41, 5.74) is 2.87. The van der Waals surface area contributed by atoms with Gasteiger partial charge in [-0.2, -0.15) is 0 Å². The standard InChI is InChI=1S/C20H14N2OS2/c1-4-15(8-9-18-6-2-10-24-18)12-16(5-1)21-13-17-14-23-20(22-17)19-7-3-11-25-19/h1-7,10-12,14,21H,13H2. The summed E-state index contributed by atoms with van der Waals surface area (Å²) in [7, 11) is 0. The molecule has 4 aromatic rings. The maximum atomic E-state index is 5.54. The molecule has 1 aromatic carbocycles. The molecule has 0 saturated carbocycles. The highest BCUT2D eigenvalue weighted by molar-refractivity contribution is 7.13. The van der Waals surface area contributed by atoms with Gasteiger partial charge in [0.25, 0.3) is 0 Å². The van der Waals surface area contributed by atoms with Crippen molar-refractivity contribution in [2.45, 2.75) is 6.54 Å². The van der Waals surface area contributed by atoms with E-state index in [2.05, 4.69) is 22.1 Å². The minimum Gasteiger partial charge on any atom is -0.443 e. The molecule has 122 valence electrons. The number of benzene rings is 1. The highest BCUT2D eigenvalue weighted by Gasteiger charge is 2.07. The number of thiophene rings is 2. The van der Waals surface area contributed by atoms with E-state index in [0.29, 0.717) is 12.4 Å². The molecule has 0 fully saturated rings. The molecule has 0 saturated heterocycles. The largest absolute Gasteiger partial charge is 0.443 e. The van der Waals surface area contributed by atoms with Crippen LogP contribution in [0.15, 0.2) is 70.0 Å². The van der Waals surface area contributed by atoms with Crippen molar-refractivity contribution in [1.82, 2.24) is 4.98 Å². The summed E-state index contributed by atoms with van der Waals surface area (Å²) in [5.74, 6) is 7.04. The van der Waals surface area contributed by atoms with E-state index in [0.717, 1.165) is 26.7 Å². The second-order valence-corrected chi connectivity index (χ2v) is 7.18. The Morgan fingerprint density at radius 1 is 1.00 bits per heavy atom. The molecule has 3 nitrogen and oxygen atoms in total. The van der Waals surface area contributed by atoms with E-state index in [9.17, 15) is 0 Å². The molecule has 1 N–H and O–H groups in total. The first-order valence-electron chi connectivity index (χ1n) is 7.74. The Bertz CT molecular complexity index is 1010. The van der Waals surface area contributed by atoms with Crippen molar-refractivity contribution in [3.63, 3.8) is 0 Å². The van der Waals surface area contributed by atoms with Gasteiger partial charge in [-0.15, -0.1) is 22.7 Å². The van der Waals surface area contributed by atoms with Crippen LogP contribution in [0.3, 0.4) is 0 Å². The van der Waals surface area contributed by atoms with Gasteiger partial charge >= 0.3 is 0 Å². The first-order chi connectivity index (χ1) is 12.4. The van der Waals surface area contributed by atoms with Gasteiger partial charge in [-0.3, -0.25) is 0 Å². The topological polar surface area (TPSA) is 38.1 Å². The Labute approximate surface area is 154 Å². The van der Waals surface area contributed by atoms with Crippen LogP contribution >= 0.6 is 22.7 Å².